The second-order valence-corrected chi connectivity index (χ2v) is 4.81. The quantitative estimate of drug-likeness (QED) is 0.772. The highest BCUT2D eigenvalue weighted by atomic mass is 16.7. The lowest BCUT2D eigenvalue weighted by molar-refractivity contribution is -0.196. The lowest BCUT2D eigenvalue weighted by Crippen LogP contribution is -2.46. The van der Waals surface area contributed by atoms with E-state index in [1.54, 1.807) is 31.4 Å². The van der Waals surface area contributed by atoms with Gasteiger partial charge in [0.05, 0.1) is 24.3 Å². The number of hydrogen-bond donors (Lipinski definition) is 0. The number of amides is 2. The number of rotatable bonds is 3. The maximum atomic E-state index is 12.2. The van der Waals surface area contributed by atoms with Crippen molar-refractivity contribution in [2.24, 2.45) is 0 Å². The van der Waals surface area contributed by atoms with Gasteiger partial charge in [0.15, 0.2) is 5.79 Å². The van der Waals surface area contributed by atoms with Gasteiger partial charge in [-0.1, -0.05) is 12.1 Å². The van der Waals surface area contributed by atoms with Gasteiger partial charge in [0.25, 0.3) is 11.8 Å². The van der Waals surface area contributed by atoms with Crippen LogP contribution in [0.25, 0.3) is 0 Å². The van der Waals surface area contributed by atoms with E-state index in [9.17, 15) is 9.59 Å². The van der Waals surface area contributed by atoms with Crippen molar-refractivity contribution in [2.45, 2.75) is 18.6 Å². The zero-order valence-electron chi connectivity index (χ0n) is 10.7. The lowest BCUT2D eigenvalue weighted by Gasteiger charge is -2.30. The first-order valence-corrected chi connectivity index (χ1v) is 6.31. The largest absolute Gasteiger partial charge is 0.351 e. The van der Waals surface area contributed by atoms with Crippen LogP contribution in [0.1, 0.15) is 33.6 Å². The van der Waals surface area contributed by atoms with Gasteiger partial charge in [-0.2, -0.15) is 0 Å². The van der Waals surface area contributed by atoms with Gasteiger partial charge in [0.2, 0.25) is 0 Å². The fraction of sp³-hybridized carbons (Fsp3) is 0.429. The average molecular weight is 261 g/mol. The molecule has 1 atom stereocenters. The van der Waals surface area contributed by atoms with E-state index in [-0.39, 0.29) is 18.4 Å². The Bertz CT molecular complexity index is 499. The molecule has 0 spiro atoms. The van der Waals surface area contributed by atoms with Crippen LogP contribution in [0, 0.1) is 0 Å². The molecule has 1 saturated heterocycles. The van der Waals surface area contributed by atoms with E-state index < -0.39 is 5.79 Å². The lowest BCUT2D eigenvalue weighted by atomic mass is 10.1. The van der Waals surface area contributed by atoms with Crippen LogP contribution >= 0.6 is 0 Å². The second kappa shape index (κ2) is 4.43. The van der Waals surface area contributed by atoms with Gasteiger partial charge < -0.3 is 9.47 Å². The maximum Gasteiger partial charge on any atom is 0.261 e. The molecule has 1 aromatic carbocycles. The van der Waals surface area contributed by atoms with E-state index in [4.69, 9.17) is 9.47 Å². The van der Waals surface area contributed by atoms with Crippen LogP contribution in [-0.4, -0.2) is 42.8 Å². The van der Waals surface area contributed by atoms with Crippen LogP contribution in [0.5, 0.6) is 0 Å². The summed E-state index contributed by atoms with van der Waals surface area (Å²) >= 11 is 0. The minimum atomic E-state index is -0.840. The predicted octanol–water partition coefficient (Wildman–Crippen LogP) is 1.44. The van der Waals surface area contributed by atoms with Gasteiger partial charge in [-0.15, -0.1) is 0 Å². The molecule has 100 valence electrons. The van der Waals surface area contributed by atoms with Crippen LogP contribution in [0.4, 0.5) is 0 Å². The monoisotopic (exact) mass is 261 g/mol. The fourth-order valence-corrected chi connectivity index (χ4v) is 2.65. The van der Waals surface area contributed by atoms with Gasteiger partial charge in [-0.25, -0.2) is 0 Å². The molecule has 5 nitrogen and oxygen atoms in total. The van der Waals surface area contributed by atoms with Crippen LogP contribution < -0.4 is 0 Å². The Balaban J connectivity index is 1.88. The van der Waals surface area contributed by atoms with Crippen molar-refractivity contribution in [1.29, 1.82) is 0 Å². The highest BCUT2D eigenvalue weighted by Gasteiger charge is 2.44. The maximum absolute atomic E-state index is 12.2. The summed E-state index contributed by atoms with van der Waals surface area (Å²) in [6.07, 6.45) is 1.56. The molecule has 19 heavy (non-hydrogen) atoms. The highest BCUT2D eigenvalue weighted by molar-refractivity contribution is 6.21. The molecular formula is C14H15NO4. The molecule has 5 heteroatoms. The third kappa shape index (κ3) is 1.86. The molecule has 2 aliphatic rings. The topological polar surface area (TPSA) is 55.8 Å². The van der Waals surface area contributed by atoms with Crippen LogP contribution in [0.2, 0.25) is 0 Å². The molecule has 3 rings (SSSR count). The summed E-state index contributed by atoms with van der Waals surface area (Å²) < 4.78 is 11.0. The molecule has 2 heterocycles. The van der Waals surface area contributed by atoms with Crippen molar-refractivity contribution in [3.8, 4) is 0 Å². The molecule has 1 aromatic rings. The van der Waals surface area contributed by atoms with Gasteiger partial charge in [-0.3, -0.25) is 14.5 Å². The van der Waals surface area contributed by atoms with Crippen molar-refractivity contribution < 1.29 is 19.1 Å². The number of ether oxygens (including phenoxy) is 2. The van der Waals surface area contributed by atoms with Crippen molar-refractivity contribution in [3.63, 3.8) is 0 Å². The number of fused-ring (bicyclic) bond motifs is 1. The summed E-state index contributed by atoms with van der Waals surface area (Å²) in [5.74, 6) is -1.38. The van der Waals surface area contributed by atoms with Crippen molar-refractivity contribution >= 4 is 11.8 Å². The Labute approximate surface area is 111 Å². The number of imide groups is 1. The molecule has 2 aliphatic heterocycles. The third-order valence-electron chi connectivity index (χ3n) is 3.72. The van der Waals surface area contributed by atoms with Gasteiger partial charge in [0, 0.05) is 13.5 Å². The Morgan fingerprint density at radius 1 is 1.26 bits per heavy atom. The molecule has 2 amide bonds. The van der Waals surface area contributed by atoms with E-state index in [1.165, 1.54) is 4.90 Å². The summed E-state index contributed by atoms with van der Waals surface area (Å²) in [6, 6.07) is 6.85. The predicted molar refractivity (Wildman–Crippen MR) is 66.7 cm³/mol. The SMILES string of the molecule is COC1(CN2C(=O)c3ccccc3C2=O)CCCO1. The fourth-order valence-electron chi connectivity index (χ4n) is 2.65. The second-order valence-electron chi connectivity index (χ2n) is 4.81. The van der Waals surface area contributed by atoms with Crippen LogP contribution in [0.15, 0.2) is 24.3 Å². The normalized spacial score (nSPS) is 26.1. The Morgan fingerprint density at radius 3 is 2.37 bits per heavy atom. The molecule has 0 aliphatic carbocycles. The Hall–Kier alpha value is -1.72. The summed E-state index contributed by atoms with van der Waals surface area (Å²) in [6.45, 7) is 0.743. The average Bonchev–Trinajstić information content (AvgIpc) is 3.00. The van der Waals surface area contributed by atoms with Gasteiger partial charge in [0.1, 0.15) is 0 Å². The number of benzene rings is 1. The van der Waals surface area contributed by atoms with Gasteiger partial charge in [-0.05, 0) is 18.6 Å². The number of carbonyl (C=O) groups is 2. The number of methoxy groups -OCH3 is 1. The summed E-state index contributed by atoms with van der Waals surface area (Å²) in [7, 11) is 1.55. The summed E-state index contributed by atoms with van der Waals surface area (Å²) in [5.41, 5.74) is 0.911. The number of nitrogens with zero attached hydrogens (tertiary/aromatic N) is 1. The Kier molecular flexibility index (Phi) is 2.88. The molecule has 0 aromatic heterocycles. The number of hydrogen-bond acceptors (Lipinski definition) is 4. The smallest absolute Gasteiger partial charge is 0.261 e. The third-order valence-corrected chi connectivity index (χ3v) is 3.72. The van der Waals surface area contributed by atoms with E-state index >= 15 is 0 Å². The van der Waals surface area contributed by atoms with Gasteiger partial charge >= 0.3 is 0 Å². The van der Waals surface area contributed by atoms with Crippen molar-refractivity contribution in [2.75, 3.05) is 20.3 Å². The Morgan fingerprint density at radius 2 is 1.89 bits per heavy atom. The minimum absolute atomic E-state index is 0.149. The zero-order chi connectivity index (χ0) is 13.5. The summed E-state index contributed by atoms with van der Waals surface area (Å²) in [4.78, 5) is 25.7. The van der Waals surface area contributed by atoms with Crippen LogP contribution in [0.3, 0.4) is 0 Å². The molecular weight excluding hydrogens is 246 g/mol. The molecule has 1 unspecified atom stereocenters. The molecule has 0 N–H and O–H groups in total. The van der Waals surface area contributed by atoms with E-state index in [0.717, 1.165) is 6.42 Å². The van der Waals surface area contributed by atoms with Crippen LogP contribution in [-0.2, 0) is 9.47 Å². The molecule has 1 fully saturated rings. The van der Waals surface area contributed by atoms with E-state index in [2.05, 4.69) is 0 Å². The summed E-state index contributed by atoms with van der Waals surface area (Å²) in [5, 5.41) is 0. The molecule has 0 bridgehead atoms. The molecule has 0 radical (unpaired) electrons. The minimum Gasteiger partial charge on any atom is -0.351 e. The molecule has 0 saturated carbocycles. The standard InChI is InChI=1S/C14H15NO4/c1-18-14(7-4-8-19-14)9-15-12(16)10-5-2-3-6-11(10)13(15)17/h2-3,5-6H,4,7-9H2,1H3. The van der Waals surface area contributed by atoms with Crippen molar-refractivity contribution in [1.82, 2.24) is 4.90 Å². The van der Waals surface area contributed by atoms with E-state index in [1.807, 2.05) is 0 Å². The first kappa shape index (κ1) is 12.3. The van der Waals surface area contributed by atoms with E-state index in [0.29, 0.717) is 24.2 Å². The van der Waals surface area contributed by atoms with Crippen molar-refractivity contribution in [3.05, 3.63) is 35.4 Å². The number of carbonyl (C=O) groups excluding carboxylic acids is 2. The first-order valence-electron chi connectivity index (χ1n) is 6.31. The first-order chi connectivity index (χ1) is 9.17. The zero-order valence-corrected chi connectivity index (χ0v) is 10.7. The highest BCUT2D eigenvalue weighted by Crippen LogP contribution is 2.31.